The van der Waals surface area contributed by atoms with Crippen LogP contribution in [-0.2, 0) is 10.0 Å². The van der Waals surface area contributed by atoms with Crippen LogP contribution in [-0.4, -0.2) is 33.4 Å². The molecule has 0 radical (unpaired) electrons. The maximum atomic E-state index is 12.2. The SMILES string of the molecule is CC(C)C(C)CNc1ccccc1S(=O)(=O)N(C)C. The molecule has 0 heterocycles. The number of hydrogen-bond donors (Lipinski definition) is 1. The number of benzene rings is 1. The van der Waals surface area contributed by atoms with Crippen LogP contribution >= 0.6 is 0 Å². The van der Waals surface area contributed by atoms with Crippen molar-refractivity contribution in [1.29, 1.82) is 0 Å². The summed E-state index contributed by atoms with van der Waals surface area (Å²) in [4.78, 5) is 0.330. The normalized spacial score (nSPS) is 13.8. The Hall–Kier alpha value is -1.07. The van der Waals surface area contributed by atoms with E-state index in [0.29, 0.717) is 22.4 Å². The van der Waals surface area contributed by atoms with Gasteiger partial charge in [0, 0.05) is 20.6 Å². The van der Waals surface area contributed by atoms with Crippen LogP contribution < -0.4 is 5.32 Å². The second-order valence-corrected chi connectivity index (χ2v) is 7.51. The van der Waals surface area contributed by atoms with E-state index in [9.17, 15) is 8.42 Å². The summed E-state index contributed by atoms with van der Waals surface area (Å²) in [5.74, 6) is 1.04. The van der Waals surface area contributed by atoms with Gasteiger partial charge in [0.15, 0.2) is 0 Å². The number of anilines is 1. The Balaban J connectivity index is 2.98. The summed E-state index contributed by atoms with van der Waals surface area (Å²) < 4.78 is 25.7. The predicted octanol–water partition coefficient (Wildman–Crippen LogP) is 2.64. The van der Waals surface area contributed by atoms with Crippen molar-refractivity contribution >= 4 is 15.7 Å². The molecule has 5 heteroatoms. The lowest BCUT2D eigenvalue weighted by molar-refractivity contribution is 0.439. The zero-order valence-corrected chi connectivity index (χ0v) is 13.2. The standard InChI is InChI=1S/C14H24N2O2S/c1-11(2)12(3)10-15-13-8-6-7-9-14(13)19(17,18)16(4)5/h6-9,11-12,15H,10H2,1-5H3. The molecule has 0 aliphatic heterocycles. The van der Waals surface area contributed by atoms with Gasteiger partial charge in [-0.05, 0) is 24.0 Å². The molecule has 0 bridgehead atoms. The highest BCUT2D eigenvalue weighted by molar-refractivity contribution is 7.89. The van der Waals surface area contributed by atoms with Gasteiger partial charge in [-0.15, -0.1) is 0 Å². The summed E-state index contributed by atoms with van der Waals surface area (Å²) in [5, 5.41) is 3.25. The molecule has 4 nitrogen and oxygen atoms in total. The number of nitrogens with zero attached hydrogens (tertiary/aromatic N) is 1. The average molecular weight is 284 g/mol. The molecule has 0 amide bonds. The smallest absolute Gasteiger partial charge is 0.244 e. The lowest BCUT2D eigenvalue weighted by Gasteiger charge is -2.20. The molecule has 1 N–H and O–H groups in total. The van der Waals surface area contributed by atoms with Crippen LogP contribution in [0.15, 0.2) is 29.2 Å². The van der Waals surface area contributed by atoms with E-state index in [0.717, 1.165) is 6.54 Å². The molecule has 0 saturated carbocycles. The van der Waals surface area contributed by atoms with Crippen LogP contribution in [0, 0.1) is 11.8 Å². The predicted molar refractivity (Wildman–Crippen MR) is 79.8 cm³/mol. The molecule has 1 aromatic carbocycles. The van der Waals surface area contributed by atoms with E-state index >= 15 is 0 Å². The highest BCUT2D eigenvalue weighted by Gasteiger charge is 2.21. The van der Waals surface area contributed by atoms with Gasteiger partial charge in [-0.3, -0.25) is 0 Å². The largest absolute Gasteiger partial charge is 0.384 e. The average Bonchev–Trinajstić information content (AvgIpc) is 2.35. The Morgan fingerprint density at radius 3 is 2.26 bits per heavy atom. The van der Waals surface area contributed by atoms with Gasteiger partial charge >= 0.3 is 0 Å². The number of sulfonamides is 1. The van der Waals surface area contributed by atoms with Gasteiger partial charge in [0.1, 0.15) is 4.90 Å². The first-order chi connectivity index (χ1) is 8.76. The first-order valence-electron chi connectivity index (χ1n) is 6.52. The molecule has 19 heavy (non-hydrogen) atoms. The van der Waals surface area contributed by atoms with Crippen LogP contribution in [0.4, 0.5) is 5.69 Å². The molecule has 0 aliphatic carbocycles. The first-order valence-corrected chi connectivity index (χ1v) is 7.96. The van der Waals surface area contributed by atoms with Gasteiger partial charge in [0.25, 0.3) is 0 Å². The lowest BCUT2D eigenvalue weighted by atomic mass is 9.98. The zero-order valence-electron chi connectivity index (χ0n) is 12.3. The summed E-state index contributed by atoms with van der Waals surface area (Å²) in [6.07, 6.45) is 0. The van der Waals surface area contributed by atoms with Crippen LogP contribution in [0.2, 0.25) is 0 Å². The molecule has 0 aromatic heterocycles. The van der Waals surface area contributed by atoms with Crippen molar-refractivity contribution < 1.29 is 8.42 Å². The number of nitrogens with one attached hydrogen (secondary N) is 1. The van der Waals surface area contributed by atoms with E-state index in [1.165, 1.54) is 4.31 Å². The molecule has 1 unspecified atom stereocenters. The number of rotatable bonds is 6. The third-order valence-electron chi connectivity index (χ3n) is 3.40. The van der Waals surface area contributed by atoms with E-state index < -0.39 is 10.0 Å². The molecule has 0 aliphatic rings. The monoisotopic (exact) mass is 284 g/mol. The van der Waals surface area contributed by atoms with Crippen LogP contribution in [0.3, 0.4) is 0 Å². The summed E-state index contributed by atoms with van der Waals surface area (Å²) in [5.41, 5.74) is 0.670. The van der Waals surface area contributed by atoms with Crippen LogP contribution in [0.25, 0.3) is 0 Å². The van der Waals surface area contributed by atoms with Gasteiger partial charge in [-0.1, -0.05) is 32.9 Å². The molecule has 1 rings (SSSR count). The summed E-state index contributed by atoms with van der Waals surface area (Å²) in [6.45, 7) is 7.24. The van der Waals surface area contributed by atoms with Crippen LogP contribution in [0.5, 0.6) is 0 Å². The molecule has 0 saturated heterocycles. The van der Waals surface area contributed by atoms with E-state index in [4.69, 9.17) is 0 Å². The minimum absolute atomic E-state index is 0.330. The number of hydrogen-bond acceptors (Lipinski definition) is 3. The van der Waals surface area contributed by atoms with E-state index in [1.807, 2.05) is 12.1 Å². The van der Waals surface area contributed by atoms with Crippen molar-refractivity contribution in [3.05, 3.63) is 24.3 Å². The Labute approximate surface area is 116 Å². The Morgan fingerprint density at radius 1 is 1.16 bits per heavy atom. The molecule has 0 fully saturated rings. The molecule has 0 spiro atoms. The van der Waals surface area contributed by atoms with Gasteiger partial charge in [0.2, 0.25) is 10.0 Å². The maximum Gasteiger partial charge on any atom is 0.244 e. The fourth-order valence-corrected chi connectivity index (χ4v) is 2.60. The van der Waals surface area contributed by atoms with Crippen molar-refractivity contribution in [2.75, 3.05) is 26.0 Å². The van der Waals surface area contributed by atoms with Gasteiger partial charge in [-0.25, -0.2) is 12.7 Å². The Kier molecular flexibility index (Phi) is 5.38. The van der Waals surface area contributed by atoms with Crippen molar-refractivity contribution in [3.63, 3.8) is 0 Å². The fourth-order valence-electron chi connectivity index (χ4n) is 1.54. The second-order valence-electron chi connectivity index (χ2n) is 5.39. The Morgan fingerprint density at radius 2 is 1.74 bits per heavy atom. The highest BCUT2D eigenvalue weighted by atomic mass is 32.2. The quantitative estimate of drug-likeness (QED) is 0.873. The van der Waals surface area contributed by atoms with E-state index in [2.05, 4.69) is 26.1 Å². The minimum atomic E-state index is -3.40. The molecule has 108 valence electrons. The highest BCUT2D eigenvalue weighted by Crippen LogP contribution is 2.23. The van der Waals surface area contributed by atoms with Gasteiger partial charge in [0.05, 0.1) is 5.69 Å². The van der Waals surface area contributed by atoms with Gasteiger partial charge < -0.3 is 5.32 Å². The number of para-hydroxylation sites is 1. The van der Waals surface area contributed by atoms with E-state index in [1.54, 1.807) is 26.2 Å². The third kappa shape index (κ3) is 3.94. The summed E-state index contributed by atoms with van der Waals surface area (Å²) in [7, 11) is -0.316. The van der Waals surface area contributed by atoms with Gasteiger partial charge in [-0.2, -0.15) is 0 Å². The van der Waals surface area contributed by atoms with Crippen LogP contribution in [0.1, 0.15) is 20.8 Å². The summed E-state index contributed by atoms with van der Waals surface area (Å²) in [6, 6.07) is 7.03. The second kappa shape index (κ2) is 6.39. The summed E-state index contributed by atoms with van der Waals surface area (Å²) >= 11 is 0. The molecule has 1 aromatic rings. The first kappa shape index (κ1) is 16.0. The Bertz CT molecular complexity index is 510. The topological polar surface area (TPSA) is 49.4 Å². The maximum absolute atomic E-state index is 12.2. The molecular weight excluding hydrogens is 260 g/mol. The van der Waals surface area contributed by atoms with E-state index in [-0.39, 0.29) is 0 Å². The molecular formula is C14H24N2O2S. The zero-order chi connectivity index (χ0) is 14.6. The molecule has 1 atom stereocenters. The van der Waals surface area contributed by atoms with Crippen molar-refractivity contribution in [3.8, 4) is 0 Å². The van der Waals surface area contributed by atoms with Crippen molar-refractivity contribution in [1.82, 2.24) is 4.31 Å². The third-order valence-corrected chi connectivity index (χ3v) is 5.27. The lowest BCUT2D eigenvalue weighted by Crippen LogP contribution is -2.24. The van der Waals surface area contributed by atoms with Crippen molar-refractivity contribution in [2.45, 2.75) is 25.7 Å². The van der Waals surface area contributed by atoms with Crippen molar-refractivity contribution in [2.24, 2.45) is 11.8 Å². The minimum Gasteiger partial charge on any atom is -0.384 e. The fraction of sp³-hybridized carbons (Fsp3) is 0.571.